The number of rotatable bonds is 3. The maximum atomic E-state index is 4.45. The minimum atomic E-state index is 0.722. The number of hydrogen-bond acceptors (Lipinski definition) is 5. The van der Waals surface area contributed by atoms with Gasteiger partial charge in [-0.3, -0.25) is 9.58 Å². The number of thioether (sulfide) groups is 1. The van der Waals surface area contributed by atoms with E-state index < -0.39 is 0 Å². The summed E-state index contributed by atoms with van der Waals surface area (Å²) in [5.74, 6) is 1.96. The molecular formula is C14H19N5S. The molecule has 106 valence electrons. The van der Waals surface area contributed by atoms with E-state index in [0.29, 0.717) is 0 Å². The lowest BCUT2D eigenvalue weighted by Crippen LogP contribution is -2.36. The molecule has 3 heterocycles. The average molecular weight is 289 g/mol. The van der Waals surface area contributed by atoms with E-state index >= 15 is 0 Å². The molecule has 2 aromatic heterocycles. The third-order valence-electron chi connectivity index (χ3n) is 3.40. The molecular weight excluding hydrogens is 270 g/mol. The van der Waals surface area contributed by atoms with Crippen molar-refractivity contribution in [2.45, 2.75) is 18.7 Å². The van der Waals surface area contributed by atoms with Crippen LogP contribution in [0.2, 0.25) is 0 Å². The Kier molecular flexibility index (Phi) is 4.03. The fourth-order valence-electron chi connectivity index (χ4n) is 2.41. The molecule has 5 nitrogen and oxygen atoms in total. The molecule has 3 rings (SSSR count). The average Bonchev–Trinajstić information content (AvgIpc) is 2.86. The zero-order chi connectivity index (χ0) is 13.9. The van der Waals surface area contributed by atoms with E-state index in [1.807, 2.05) is 25.6 Å². The van der Waals surface area contributed by atoms with Gasteiger partial charge in [-0.1, -0.05) is 6.92 Å². The fourth-order valence-corrected chi connectivity index (χ4v) is 3.50. The van der Waals surface area contributed by atoms with Crippen molar-refractivity contribution in [2.24, 2.45) is 7.05 Å². The second-order valence-corrected chi connectivity index (χ2v) is 6.78. The molecule has 6 heteroatoms. The van der Waals surface area contributed by atoms with Crippen molar-refractivity contribution in [3.05, 3.63) is 30.4 Å². The van der Waals surface area contributed by atoms with Crippen molar-refractivity contribution in [2.75, 3.05) is 18.8 Å². The van der Waals surface area contributed by atoms with Crippen molar-refractivity contribution in [1.82, 2.24) is 24.6 Å². The van der Waals surface area contributed by atoms with Gasteiger partial charge >= 0.3 is 0 Å². The maximum Gasteiger partial charge on any atom is 0.162 e. The maximum absolute atomic E-state index is 4.45. The van der Waals surface area contributed by atoms with Gasteiger partial charge in [0.05, 0.1) is 11.8 Å². The van der Waals surface area contributed by atoms with Gasteiger partial charge in [0.2, 0.25) is 0 Å². The van der Waals surface area contributed by atoms with Crippen molar-refractivity contribution in [3.8, 4) is 11.4 Å². The first-order chi connectivity index (χ1) is 9.70. The summed E-state index contributed by atoms with van der Waals surface area (Å²) in [6, 6.07) is 0. The third-order valence-corrected chi connectivity index (χ3v) is 4.54. The van der Waals surface area contributed by atoms with Crippen molar-refractivity contribution in [3.63, 3.8) is 0 Å². The van der Waals surface area contributed by atoms with E-state index in [2.05, 4.69) is 38.7 Å². The highest BCUT2D eigenvalue weighted by Gasteiger charge is 2.16. The quantitative estimate of drug-likeness (QED) is 0.862. The molecule has 2 aromatic rings. The third kappa shape index (κ3) is 3.19. The van der Waals surface area contributed by atoms with Gasteiger partial charge in [0.25, 0.3) is 0 Å². The largest absolute Gasteiger partial charge is 0.297 e. The van der Waals surface area contributed by atoms with E-state index in [4.69, 9.17) is 0 Å². The Labute approximate surface area is 123 Å². The first-order valence-electron chi connectivity index (χ1n) is 6.84. The zero-order valence-corrected chi connectivity index (χ0v) is 12.7. The van der Waals surface area contributed by atoms with Gasteiger partial charge in [-0.25, -0.2) is 9.97 Å². The van der Waals surface area contributed by atoms with Crippen molar-refractivity contribution >= 4 is 11.8 Å². The van der Waals surface area contributed by atoms with Crippen molar-refractivity contribution in [1.29, 1.82) is 0 Å². The van der Waals surface area contributed by atoms with E-state index in [9.17, 15) is 0 Å². The molecule has 0 radical (unpaired) electrons. The lowest BCUT2D eigenvalue weighted by Gasteiger charge is -2.30. The molecule has 0 bridgehead atoms. The van der Waals surface area contributed by atoms with Crippen LogP contribution in [-0.4, -0.2) is 48.7 Å². The van der Waals surface area contributed by atoms with Gasteiger partial charge in [-0.15, -0.1) is 0 Å². The van der Waals surface area contributed by atoms with Crippen LogP contribution in [0, 0.1) is 0 Å². The number of nitrogens with zero attached hydrogens (tertiary/aromatic N) is 5. The Bertz CT molecular complexity index is 565. The zero-order valence-electron chi connectivity index (χ0n) is 11.9. The topological polar surface area (TPSA) is 46.8 Å². The molecule has 1 fully saturated rings. The molecule has 20 heavy (non-hydrogen) atoms. The van der Waals surface area contributed by atoms with Gasteiger partial charge in [-0.05, 0) is 0 Å². The van der Waals surface area contributed by atoms with Crippen LogP contribution < -0.4 is 0 Å². The van der Waals surface area contributed by atoms with E-state index in [0.717, 1.165) is 36.3 Å². The standard InChI is InChI=1S/C14H19N5S/c1-11-8-19(3-4-20-11)9-12-5-15-14(16-6-12)13-7-17-18(2)10-13/h5-7,10-11H,3-4,8-9H2,1-2H3. The van der Waals surface area contributed by atoms with Gasteiger partial charge in [0.1, 0.15) is 0 Å². The summed E-state index contributed by atoms with van der Waals surface area (Å²) in [6.07, 6.45) is 7.58. The van der Waals surface area contributed by atoms with Gasteiger partial charge in [-0.2, -0.15) is 16.9 Å². The Morgan fingerprint density at radius 2 is 2.10 bits per heavy atom. The predicted octanol–water partition coefficient (Wildman–Crippen LogP) is 1.81. The summed E-state index contributed by atoms with van der Waals surface area (Å²) >= 11 is 2.05. The summed E-state index contributed by atoms with van der Waals surface area (Å²) in [5.41, 5.74) is 2.14. The Hall–Kier alpha value is -1.40. The van der Waals surface area contributed by atoms with Crippen molar-refractivity contribution < 1.29 is 0 Å². The summed E-state index contributed by atoms with van der Waals surface area (Å²) < 4.78 is 1.76. The fraction of sp³-hybridized carbons (Fsp3) is 0.500. The molecule has 1 atom stereocenters. The second-order valence-electron chi connectivity index (χ2n) is 5.23. The highest BCUT2D eigenvalue weighted by atomic mass is 32.2. The highest BCUT2D eigenvalue weighted by Crippen LogP contribution is 2.19. The van der Waals surface area contributed by atoms with Crippen LogP contribution in [0.25, 0.3) is 11.4 Å². The van der Waals surface area contributed by atoms with Crippen LogP contribution in [0.15, 0.2) is 24.8 Å². The first kappa shape index (κ1) is 13.6. The second kappa shape index (κ2) is 5.93. The molecule has 0 saturated carbocycles. The monoisotopic (exact) mass is 289 g/mol. The molecule has 0 spiro atoms. The molecule has 0 aromatic carbocycles. The first-order valence-corrected chi connectivity index (χ1v) is 7.89. The molecule has 1 saturated heterocycles. The smallest absolute Gasteiger partial charge is 0.162 e. The number of aromatic nitrogens is 4. The van der Waals surface area contributed by atoms with Crippen LogP contribution in [-0.2, 0) is 13.6 Å². The molecule has 0 N–H and O–H groups in total. The Morgan fingerprint density at radius 3 is 2.75 bits per heavy atom. The summed E-state index contributed by atoms with van der Waals surface area (Å²) in [7, 11) is 1.90. The SMILES string of the molecule is CC1CN(Cc2cnc(-c3cnn(C)c3)nc2)CCS1. The van der Waals surface area contributed by atoms with Crippen LogP contribution in [0.1, 0.15) is 12.5 Å². The lowest BCUT2D eigenvalue weighted by molar-refractivity contribution is 0.278. The van der Waals surface area contributed by atoms with Crippen LogP contribution >= 0.6 is 11.8 Å². The highest BCUT2D eigenvalue weighted by molar-refractivity contribution is 7.99. The van der Waals surface area contributed by atoms with E-state index in [1.54, 1.807) is 10.9 Å². The minimum absolute atomic E-state index is 0.722. The van der Waals surface area contributed by atoms with E-state index in [-0.39, 0.29) is 0 Å². The Morgan fingerprint density at radius 1 is 1.30 bits per heavy atom. The van der Waals surface area contributed by atoms with Crippen LogP contribution in [0.4, 0.5) is 0 Å². The lowest BCUT2D eigenvalue weighted by atomic mass is 10.2. The van der Waals surface area contributed by atoms with E-state index in [1.165, 1.54) is 11.3 Å². The number of hydrogen-bond donors (Lipinski definition) is 0. The number of aryl methyl sites for hydroxylation is 1. The molecule has 0 aliphatic carbocycles. The Balaban J connectivity index is 1.67. The summed E-state index contributed by atoms with van der Waals surface area (Å²) in [4.78, 5) is 11.4. The van der Waals surface area contributed by atoms with Gasteiger partial charge < -0.3 is 0 Å². The molecule has 0 amide bonds. The minimum Gasteiger partial charge on any atom is -0.297 e. The molecule has 1 aliphatic rings. The van der Waals surface area contributed by atoms with Gasteiger partial charge in [0, 0.05) is 61.8 Å². The summed E-state index contributed by atoms with van der Waals surface area (Å²) in [6.45, 7) is 5.53. The predicted molar refractivity (Wildman–Crippen MR) is 81.4 cm³/mol. The summed E-state index contributed by atoms with van der Waals surface area (Å²) in [5, 5.41) is 4.87. The molecule has 1 aliphatic heterocycles. The van der Waals surface area contributed by atoms with Crippen LogP contribution in [0.3, 0.4) is 0 Å². The normalized spacial score (nSPS) is 20.2. The van der Waals surface area contributed by atoms with Crippen LogP contribution in [0.5, 0.6) is 0 Å². The molecule has 1 unspecified atom stereocenters. The van der Waals surface area contributed by atoms with Gasteiger partial charge in [0.15, 0.2) is 5.82 Å².